The molecule has 0 aliphatic carbocycles. The van der Waals surface area contributed by atoms with E-state index in [1.807, 2.05) is 6.20 Å². The average molecular weight is 572 g/mol. The first-order chi connectivity index (χ1) is 21.2. The maximum atomic E-state index is 4.89. The molecule has 7 rings (SSSR count). The number of hydrogen-bond acceptors (Lipinski definition) is 1. The first kappa shape index (κ1) is 26.9. The minimum Gasteiger partial charge on any atom is -0.256 e. The van der Waals surface area contributed by atoms with Gasteiger partial charge in [-0.15, -0.1) is 10.0 Å². The SMILES string of the molecule is Cc1cccc(C)c1-c1ccc(-c2nccc3cc(S(c4ccccc4)(c4ccccc4)c4ccccc4)ccc23)cc1. The van der Waals surface area contributed by atoms with Gasteiger partial charge in [-0.2, -0.15) is 0 Å². The fraction of sp³-hybridized carbons (Fsp3) is 0.0488. The second-order valence-corrected chi connectivity index (χ2v) is 14.0. The van der Waals surface area contributed by atoms with Crippen LogP contribution in [0, 0.1) is 13.8 Å². The molecule has 1 heterocycles. The molecule has 0 unspecified atom stereocenters. The van der Waals surface area contributed by atoms with E-state index >= 15 is 0 Å². The van der Waals surface area contributed by atoms with Crippen molar-refractivity contribution in [1.82, 2.24) is 4.98 Å². The third-order valence-corrected chi connectivity index (χ3v) is 12.2. The van der Waals surface area contributed by atoms with E-state index in [0.29, 0.717) is 0 Å². The summed E-state index contributed by atoms with van der Waals surface area (Å²) in [5.41, 5.74) is 7.28. The number of aryl methyl sites for hydroxylation is 2. The molecular weight excluding hydrogens is 539 g/mol. The second-order valence-electron chi connectivity index (χ2n) is 10.9. The number of fused-ring (bicyclic) bond motifs is 1. The Morgan fingerprint density at radius 1 is 0.442 bits per heavy atom. The summed E-state index contributed by atoms with van der Waals surface area (Å²) in [7, 11) is -1.75. The highest BCUT2D eigenvalue weighted by Gasteiger charge is 2.33. The molecule has 0 saturated carbocycles. The molecule has 0 atom stereocenters. The first-order valence-electron chi connectivity index (χ1n) is 14.7. The van der Waals surface area contributed by atoms with Crippen molar-refractivity contribution >= 4 is 20.8 Å². The summed E-state index contributed by atoms with van der Waals surface area (Å²) in [5, 5.41) is 2.36. The van der Waals surface area contributed by atoms with E-state index in [0.717, 1.165) is 16.6 Å². The van der Waals surface area contributed by atoms with Crippen molar-refractivity contribution in [3.05, 3.63) is 175 Å². The highest BCUT2D eigenvalue weighted by molar-refractivity contribution is 8.34. The van der Waals surface area contributed by atoms with Gasteiger partial charge in [0.2, 0.25) is 0 Å². The number of rotatable bonds is 6. The molecule has 0 fully saturated rings. The Morgan fingerprint density at radius 3 is 1.49 bits per heavy atom. The van der Waals surface area contributed by atoms with E-state index in [9.17, 15) is 0 Å². The summed E-state index contributed by atoms with van der Waals surface area (Å²) in [6.45, 7) is 4.37. The van der Waals surface area contributed by atoms with Gasteiger partial charge in [-0.1, -0.05) is 103 Å². The third kappa shape index (κ3) is 4.74. The lowest BCUT2D eigenvalue weighted by Crippen LogP contribution is -2.05. The zero-order valence-corrected chi connectivity index (χ0v) is 25.3. The van der Waals surface area contributed by atoms with Crippen LogP contribution in [-0.4, -0.2) is 4.98 Å². The Balaban J connectivity index is 1.40. The van der Waals surface area contributed by atoms with Crippen LogP contribution in [0.2, 0.25) is 0 Å². The van der Waals surface area contributed by atoms with Gasteiger partial charge < -0.3 is 0 Å². The molecule has 208 valence electrons. The van der Waals surface area contributed by atoms with Crippen molar-refractivity contribution in [2.24, 2.45) is 0 Å². The van der Waals surface area contributed by atoms with Crippen molar-refractivity contribution in [2.45, 2.75) is 33.4 Å². The molecule has 0 amide bonds. The predicted octanol–water partition coefficient (Wildman–Crippen LogP) is 11.5. The van der Waals surface area contributed by atoms with E-state index in [-0.39, 0.29) is 0 Å². The standard InChI is InChI=1S/C41H33NS/c1-30-13-12-14-31(2)40(30)32-21-23-33(24-22-32)41-39-26-25-38(29-34(39)27-28-42-41)43(35-15-6-3-7-16-35,36-17-8-4-9-18-36)37-19-10-5-11-20-37/h3-29H,1-2H3. The van der Waals surface area contributed by atoms with E-state index in [4.69, 9.17) is 4.98 Å². The lowest BCUT2D eigenvalue weighted by Gasteiger charge is -2.42. The fourth-order valence-electron chi connectivity index (χ4n) is 6.33. The van der Waals surface area contributed by atoms with Crippen LogP contribution < -0.4 is 0 Å². The van der Waals surface area contributed by atoms with Gasteiger partial charge in [0.15, 0.2) is 0 Å². The van der Waals surface area contributed by atoms with Crippen molar-refractivity contribution in [1.29, 1.82) is 0 Å². The van der Waals surface area contributed by atoms with Crippen molar-refractivity contribution in [2.75, 3.05) is 0 Å². The summed E-state index contributed by atoms with van der Waals surface area (Å²) in [6.07, 6.45) is 1.95. The number of aromatic nitrogens is 1. The van der Waals surface area contributed by atoms with E-state index < -0.39 is 10.0 Å². The van der Waals surface area contributed by atoms with Gasteiger partial charge in [0.05, 0.1) is 5.69 Å². The highest BCUT2D eigenvalue weighted by atomic mass is 32.3. The molecule has 0 saturated heterocycles. The molecule has 7 aromatic rings. The molecule has 0 spiro atoms. The van der Waals surface area contributed by atoms with Gasteiger partial charge >= 0.3 is 0 Å². The largest absolute Gasteiger partial charge is 0.256 e. The minimum absolute atomic E-state index is 1.01. The van der Waals surface area contributed by atoms with Crippen LogP contribution in [0.5, 0.6) is 0 Å². The minimum atomic E-state index is -1.75. The maximum Gasteiger partial charge on any atom is 0.0780 e. The van der Waals surface area contributed by atoms with Gasteiger partial charge in [0.1, 0.15) is 0 Å². The topological polar surface area (TPSA) is 12.9 Å². The van der Waals surface area contributed by atoms with Crippen molar-refractivity contribution in [3.8, 4) is 22.4 Å². The lowest BCUT2D eigenvalue weighted by molar-refractivity contribution is 1.24. The summed E-state index contributed by atoms with van der Waals surface area (Å²) in [5.74, 6) is 0. The molecule has 1 nitrogen and oxygen atoms in total. The molecule has 0 bridgehead atoms. The Hall–Kier alpha value is -4.92. The Kier molecular flexibility index (Phi) is 7.14. The molecule has 0 N–H and O–H groups in total. The summed E-state index contributed by atoms with van der Waals surface area (Å²) in [4.78, 5) is 10.2. The van der Waals surface area contributed by atoms with Crippen LogP contribution in [0.25, 0.3) is 33.2 Å². The van der Waals surface area contributed by atoms with Crippen molar-refractivity contribution in [3.63, 3.8) is 0 Å². The molecule has 0 radical (unpaired) electrons. The number of benzene rings is 6. The van der Waals surface area contributed by atoms with E-state index in [1.54, 1.807) is 0 Å². The fourth-order valence-corrected chi connectivity index (χ4v) is 10.2. The summed E-state index contributed by atoms with van der Waals surface area (Å²) in [6, 6.07) is 57.5. The first-order valence-corrected chi connectivity index (χ1v) is 16.3. The number of hydrogen-bond donors (Lipinski definition) is 0. The van der Waals surface area contributed by atoms with Gasteiger partial charge in [-0.05, 0) is 96.1 Å². The predicted molar refractivity (Wildman–Crippen MR) is 182 cm³/mol. The smallest absolute Gasteiger partial charge is 0.0780 e. The molecule has 2 heteroatoms. The van der Waals surface area contributed by atoms with Gasteiger partial charge in [-0.3, -0.25) is 4.98 Å². The molecule has 43 heavy (non-hydrogen) atoms. The monoisotopic (exact) mass is 571 g/mol. The lowest BCUT2D eigenvalue weighted by atomic mass is 9.94. The number of pyridine rings is 1. The van der Waals surface area contributed by atoms with Gasteiger partial charge in [-0.25, -0.2) is 0 Å². The van der Waals surface area contributed by atoms with Gasteiger partial charge in [0, 0.05) is 36.7 Å². The molecule has 1 aromatic heterocycles. The Morgan fingerprint density at radius 2 is 0.953 bits per heavy atom. The van der Waals surface area contributed by atoms with E-state index in [2.05, 4.69) is 172 Å². The summed E-state index contributed by atoms with van der Waals surface area (Å²) >= 11 is 0. The van der Waals surface area contributed by atoms with Crippen LogP contribution in [-0.2, 0) is 0 Å². The zero-order valence-electron chi connectivity index (χ0n) is 24.4. The van der Waals surface area contributed by atoms with Crippen LogP contribution in [0.15, 0.2) is 184 Å². The molecule has 0 aliphatic rings. The van der Waals surface area contributed by atoms with Crippen molar-refractivity contribution < 1.29 is 0 Å². The van der Waals surface area contributed by atoms with Crippen LogP contribution >= 0.6 is 10.0 Å². The van der Waals surface area contributed by atoms with Crippen LogP contribution in [0.4, 0.5) is 0 Å². The normalized spacial score (nSPS) is 11.9. The maximum absolute atomic E-state index is 4.89. The van der Waals surface area contributed by atoms with Crippen LogP contribution in [0.3, 0.4) is 0 Å². The Bertz CT molecular complexity index is 1900. The second kappa shape index (κ2) is 11.4. The Labute approximate surface area is 255 Å². The molecular formula is C41H33NS. The van der Waals surface area contributed by atoms with E-state index in [1.165, 1.54) is 47.2 Å². The molecule has 0 aliphatic heterocycles. The average Bonchev–Trinajstić information content (AvgIpc) is 3.07. The zero-order chi connectivity index (χ0) is 29.2. The third-order valence-electron chi connectivity index (χ3n) is 8.31. The van der Waals surface area contributed by atoms with Gasteiger partial charge in [0.25, 0.3) is 0 Å². The highest BCUT2D eigenvalue weighted by Crippen LogP contribution is 2.73. The van der Waals surface area contributed by atoms with Crippen LogP contribution in [0.1, 0.15) is 11.1 Å². The quantitative estimate of drug-likeness (QED) is 0.193. The summed E-state index contributed by atoms with van der Waals surface area (Å²) < 4.78 is 0. The molecule has 6 aromatic carbocycles. The number of nitrogens with zero attached hydrogens (tertiary/aromatic N) is 1.